The second-order valence-electron chi connectivity index (χ2n) is 14.9. The van der Waals surface area contributed by atoms with Crippen molar-refractivity contribution in [3.05, 3.63) is 132 Å². The number of hydrogen-bond acceptors (Lipinski definition) is 4. The summed E-state index contributed by atoms with van der Waals surface area (Å²) in [6.45, 7) is 6.57. The van der Waals surface area contributed by atoms with Gasteiger partial charge in [-0.3, -0.25) is 0 Å². The molecule has 54 heavy (non-hydrogen) atoms. The molecule has 8 rings (SSSR count). The Bertz CT molecular complexity index is 1920. The van der Waals surface area contributed by atoms with Crippen molar-refractivity contribution in [1.29, 1.82) is 0 Å². The van der Waals surface area contributed by atoms with E-state index in [9.17, 15) is 8.78 Å². The summed E-state index contributed by atoms with van der Waals surface area (Å²) >= 11 is 0. The smallest absolute Gasteiger partial charge is 0.123 e. The van der Waals surface area contributed by atoms with Crippen LogP contribution in [0.3, 0.4) is 0 Å². The van der Waals surface area contributed by atoms with Crippen LogP contribution >= 0.6 is 0 Å². The van der Waals surface area contributed by atoms with E-state index in [1.165, 1.54) is 58.6 Å². The number of fused-ring (bicyclic) bond motifs is 2. The van der Waals surface area contributed by atoms with Crippen LogP contribution in [0.15, 0.2) is 109 Å². The van der Waals surface area contributed by atoms with Crippen LogP contribution in [0.4, 0.5) is 8.78 Å². The predicted octanol–water partition coefficient (Wildman–Crippen LogP) is 10.1. The largest absolute Gasteiger partial charge is 0.497 e. The van der Waals surface area contributed by atoms with Crippen molar-refractivity contribution >= 4 is 21.8 Å². The highest BCUT2D eigenvalue weighted by molar-refractivity contribution is 5.82. The lowest BCUT2D eigenvalue weighted by Crippen LogP contribution is -2.27. The van der Waals surface area contributed by atoms with Gasteiger partial charge in [-0.1, -0.05) is 24.3 Å². The lowest BCUT2D eigenvalue weighted by Gasteiger charge is -2.21. The molecule has 2 saturated heterocycles. The number of likely N-dealkylation sites (tertiary alicyclic amines) is 2. The SMILES string of the molecule is COc1ccc2ccn(C3CCCN(CCc4ccc(F)cc4)CC3)c2c1.COc1ccc2ccn(C3CCCN(CCc4ccc(F)cc4)CC3)c2c1. The molecule has 4 aromatic carbocycles. The number of ether oxygens (including phenoxy) is 2. The predicted molar refractivity (Wildman–Crippen MR) is 216 cm³/mol. The first-order chi connectivity index (χ1) is 26.4. The first-order valence-corrected chi connectivity index (χ1v) is 19.7. The fourth-order valence-electron chi connectivity index (χ4n) is 8.31. The van der Waals surface area contributed by atoms with Crippen LogP contribution in [0.1, 0.15) is 61.7 Å². The number of methoxy groups -OCH3 is 2. The van der Waals surface area contributed by atoms with Gasteiger partial charge in [0.15, 0.2) is 0 Å². The molecule has 6 aromatic rings. The number of rotatable bonds is 10. The molecule has 2 aliphatic heterocycles. The molecule has 2 unspecified atom stereocenters. The fraction of sp³-hybridized carbons (Fsp3) is 0.391. The zero-order chi connectivity index (χ0) is 37.3. The minimum atomic E-state index is -0.160. The molecule has 0 saturated carbocycles. The molecule has 0 N–H and O–H groups in total. The molecular formula is C46H54F2N4O2. The molecule has 2 atom stereocenters. The lowest BCUT2D eigenvalue weighted by molar-refractivity contribution is 0.284. The molecule has 2 aromatic heterocycles. The van der Waals surface area contributed by atoms with E-state index in [2.05, 4.69) is 67.7 Å². The first kappa shape index (κ1) is 37.6. The quantitative estimate of drug-likeness (QED) is 0.141. The molecule has 6 nitrogen and oxygen atoms in total. The van der Waals surface area contributed by atoms with E-state index in [0.29, 0.717) is 12.1 Å². The van der Waals surface area contributed by atoms with Gasteiger partial charge >= 0.3 is 0 Å². The Hall–Kier alpha value is -4.66. The van der Waals surface area contributed by atoms with E-state index < -0.39 is 0 Å². The van der Waals surface area contributed by atoms with Crippen molar-refractivity contribution in [3.63, 3.8) is 0 Å². The average Bonchev–Trinajstić information content (AvgIpc) is 3.64. The van der Waals surface area contributed by atoms with E-state index in [1.54, 1.807) is 38.5 Å². The lowest BCUT2D eigenvalue weighted by atomic mass is 10.1. The number of aromatic nitrogens is 2. The molecule has 284 valence electrons. The Morgan fingerprint density at radius 3 is 1.35 bits per heavy atom. The summed E-state index contributed by atoms with van der Waals surface area (Å²) < 4.78 is 41.8. The van der Waals surface area contributed by atoms with E-state index >= 15 is 0 Å². The molecule has 4 heterocycles. The summed E-state index contributed by atoms with van der Waals surface area (Å²) in [4.78, 5) is 5.10. The maximum atomic E-state index is 13.1. The molecule has 0 spiro atoms. The van der Waals surface area contributed by atoms with Crippen LogP contribution in [-0.4, -0.2) is 72.4 Å². The monoisotopic (exact) mass is 732 g/mol. The molecule has 0 radical (unpaired) electrons. The van der Waals surface area contributed by atoms with Gasteiger partial charge in [-0.2, -0.15) is 0 Å². The van der Waals surface area contributed by atoms with Gasteiger partial charge in [0.2, 0.25) is 0 Å². The van der Waals surface area contributed by atoms with E-state index in [0.717, 1.165) is 76.5 Å². The van der Waals surface area contributed by atoms with Crippen LogP contribution in [0.5, 0.6) is 11.5 Å². The summed E-state index contributed by atoms with van der Waals surface area (Å²) in [7, 11) is 3.44. The van der Waals surface area contributed by atoms with Crippen LogP contribution in [-0.2, 0) is 12.8 Å². The Morgan fingerprint density at radius 1 is 0.519 bits per heavy atom. The van der Waals surface area contributed by atoms with Crippen LogP contribution in [0, 0.1) is 11.6 Å². The molecule has 0 amide bonds. The number of nitrogens with zero attached hydrogens (tertiary/aromatic N) is 4. The topological polar surface area (TPSA) is 34.8 Å². The molecule has 2 aliphatic rings. The van der Waals surface area contributed by atoms with Gasteiger partial charge in [-0.05, 0) is 147 Å². The Balaban J connectivity index is 0.000000167. The van der Waals surface area contributed by atoms with Crippen molar-refractivity contribution in [2.45, 2.75) is 63.5 Å². The summed E-state index contributed by atoms with van der Waals surface area (Å²) in [5.74, 6) is 1.51. The average molecular weight is 733 g/mol. The first-order valence-electron chi connectivity index (χ1n) is 19.7. The third-order valence-electron chi connectivity index (χ3n) is 11.5. The van der Waals surface area contributed by atoms with E-state index in [4.69, 9.17) is 9.47 Å². The number of halogens is 2. The molecular weight excluding hydrogens is 679 g/mol. The molecule has 0 bridgehead atoms. The van der Waals surface area contributed by atoms with Crippen molar-refractivity contribution in [1.82, 2.24) is 18.9 Å². The molecule has 2 fully saturated rings. The summed E-state index contributed by atoms with van der Waals surface area (Å²) in [5.41, 5.74) is 4.94. The van der Waals surface area contributed by atoms with Gasteiger partial charge in [0.1, 0.15) is 23.1 Å². The van der Waals surface area contributed by atoms with Gasteiger partial charge in [-0.25, -0.2) is 8.78 Å². The summed E-state index contributed by atoms with van der Waals surface area (Å²) in [6.07, 6.45) is 13.5. The van der Waals surface area contributed by atoms with Gasteiger partial charge in [0.25, 0.3) is 0 Å². The minimum absolute atomic E-state index is 0.160. The summed E-state index contributed by atoms with van der Waals surface area (Å²) in [5, 5.41) is 2.54. The van der Waals surface area contributed by atoms with Crippen molar-refractivity contribution in [2.75, 3.05) is 53.5 Å². The highest BCUT2D eigenvalue weighted by Gasteiger charge is 2.21. The second kappa shape index (κ2) is 18.1. The second-order valence-corrected chi connectivity index (χ2v) is 14.9. The van der Waals surface area contributed by atoms with Crippen LogP contribution in [0.2, 0.25) is 0 Å². The maximum absolute atomic E-state index is 13.1. The number of benzene rings is 4. The highest BCUT2D eigenvalue weighted by Crippen LogP contribution is 2.31. The fourth-order valence-corrected chi connectivity index (χ4v) is 8.31. The zero-order valence-electron chi connectivity index (χ0n) is 31.8. The Morgan fingerprint density at radius 2 is 0.944 bits per heavy atom. The van der Waals surface area contributed by atoms with Crippen LogP contribution in [0.25, 0.3) is 21.8 Å². The third kappa shape index (κ3) is 9.52. The van der Waals surface area contributed by atoms with Gasteiger partial charge in [-0.15, -0.1) is 0 Å². The number of hydrogen-bond donors (Lipinski definition) is 0. The van der Waals surface area contributed by atoms with Crippen molar-refractivity contribution in [3.8, 4) is 11.5 Å². The molecule has 0 aliphatic carbocycles. The normalized spacial score (nSPS) is 18.5. The van der Waals surface area contributed by atoms with Crippen LogP contribution < -0.4 is 9.47 Å². The highest BCUT2D eigenvalue weighted by atomic mass is 19.1. The van der Waals surface area contributed by atoms with E-state index in [-0.39, 0.29) is 11.6 Å². The Labute approximate surface area is 318 Å². The molecule has 8 heteroatoms. The van der Waals surface area contributed by atoms with Gasteiger partial charge < -0.3 is 28.4 Å². The third-order valence-corrected chi connectivity index (χ3v) is 11.5. The zero-order valence-corrected chi connectivity index (χ0v) is 31.8. The Kier molecular flexibility index (Phi) is 12.6. The van der Waals surface area contributed by atoms with E-state index in [1.807, 2.05) is 36.4 Å². The van der Waals surface area contributed by atoms with Gasteiger partial charge in [0.05, 0.1) is 25.3 Å². The minimum Gasteiger partial charge on any atom is -0.497 e. The van der Waals surface area contributed by atoms with Crippen molar-refractivity contribution < 1.29 is 18.3 Å². The maximum Gasteiger partial charge on any atom is 0.123 e. The summed E-state index contributed by atoms with van der Waals surface area (Å²) in [6, 6.07) is 31.9. The van der Waals surface area contributed by atoms with Gasteiger partial charge in [0, 0.05) is 62.8 Å². The standard InChI is InChI=1S/2C23H27FN2O/c2*1-27-22-9-6-19-11-16-26(23(19)17-22)21-3-2-13-25(15-12-21)14-10-18-4-7-20(24)8-5-18/h2*4-9,11,16-17,21H,2-3,10,12-15H2,1H3. The van der Waals surface area contributed by atoms with Crippen molar-refractivity contribution in [2.24, 2.45) is 0 Å².